The predicted molar refractivity (Wildman–Crippen MR) is 95.4 cm³/mol. The molecule has 0 bridgehead atoms. The molecule has 0 aliphatic heterocycles. The molecular weight excluding hydrogens is 472 g/mol. The molecule has 1 atom stereocenters. The lowest BCUT2D eigenvalue weighted by Crippen LogP contribution is -2.34. The molecule has 0 saturated heterocycles. The van der Waals surface area contributed by atoms with Gasteiger partial charge in [0.05, 0.1) is 32.9 Å². The van der Waals surface area contributed by atoms with Gasteiger partial charge in [-0.2, -0.15) is 0 Å². The molecule has 1 aromatic carbocycles. The number of carbonyl (C=O) groups excluding carboxylic acids is 1. The number of amides is 2. The lowest BCUT2D eigenvalue weighted by molar-refractivity contribution is -0.0791. The second kappa shape index (κ2) is 9.57. The minimum absolute atomic E-state index is 0.0214. The van der Waals surface area contributed by atoms with Crippen molar-refractivity contribution in [3.8, 4) is 0 Å². The third-order valence-electron chi connectivity index (χ3n) is 2.24. The summed E-state index contributed by atoms with van der Waals surface area (Å²) >= 11 is 34.6. The number of nitrogens with zero attached hydrogens (tertiary/aromatic N) is 1. The number of halogens is 6. The van der Waals surface area contributed by atoms with Crippen molar-refractivity contribution in [2.75, 3.05) is 12.4 Å². The van der Waals surface area contributed by atoms with E-state index >= 15 is 0 Å². The van der Waals surface area contributed by atoms with E-state index in [2.05, 4.69) is 9.84 Å². The van der Waals surface area contributed by atoms with E-state index in [1.165, 1.54) is 6.07 Å². The van der Waals surface area contributed by atoms with Crippen molar-refractivity contribution in [3.63, 3.8) is 0 Å². The van der Waals surface area contributed by atoms with Crippen LogP contribution in [0.25, 0.3) is 0 Å². The molecule has 14 heteroatoms. The maximum Gasteiger partial charge on any atom is 0.366 e. The molecule has 1 rings (SSSR count). The van der Waals surface area contributed by atoms with Gasteiger partial charge in [0, 0.05) is 0 Å². The highest BCUT2D eigenvalue weighted by Gasteiger charge is 2.26. The van der Waals surface area contributed by atoms with Crippen LogP contribution in [-0.4, -0.2) is 23.1 Å². The summed E-state index contributed by atoms with van der Waals surface area (Å²) in [6.07, 6.45) is 0. The summed E-state index contributed by atoms with van der Waals surface area (Å²) < 4.78 is 14.7. The number of carbonyl (C=O) groups is 1. The molecule has 0 radical (unpaired) electrons. The lowest BCUT2D eigenvalue weighted by atomic mass is 10.3. The summed E-state index contributed by atoms with van der Waals surface area (Å²) in [5, 5.41) is 2.44. The van der Waals surface area contributed by atoms with Crippen molar-refractivity contribution < 1.29 is 23.6 Å². The van der Waals surface area contributed by atoms with Crippen molar-refractivity contribution in [2.45, 2.75) is 0 Å². The van der Waals surface area contributed by atoms with Gasteiger partial charge in [-0.15, -0.1) is 5.06 Å². The lowest BCUT2D eigenvalue weighted by Gasteiger charge is -2.22. The Hall–Kier alpha value is -0.0800. The number of hydrogen-bond donors (Lipinski definition) is 2. The molecule has 0 saturated carbocycles. The van der Waals surface area contributed by atoms with Crippen LogP contribution in [0.4, 0.5) is 10.5 Å². The van der Waals surface area contributed by atoms with Crippen LogP contribution in [0.15, 0.2) is 16.4 Å². The van der Waals surface area contributed by atoms with Gasteiger partial charge in [-0.05, 0) is 6.07 Å². The first-order chi connectivity index (χ1) is 11.1. The highest BCUT2D eigenvalue weighted by atomic mass is 35.5. The van der Waals surface area contributed by atoms with Crippen molar-refractivity contribution in [2.24, 2.45) is 0 Å². The quantitative estimate of drug-likeness (QED) is 0.245. The predicted octanol–water partition coefficient (Wildman–Crippen LogP) is 5.70. The van der Waals surface area contributed by atoms with E-state index in [1.54, 1.807) is 0 Å². The molecule has 0 heterocycles. The van der Waals surface area contributed by atoms with E-state index in [4.69, 9.17) is 79.3 Å². The van der Waals surface area contributed by atoms with Crippen LogP contribution in [0.5, 0.6) is 0 Å². The number of urea groups is 1. The summed E-state index contributed by atoms with van der Waals surface area (Å²) in [7, 11) is -2.50. The largest absolute Gasteiger partial charge is 0.405 e. The van der Waals surface area contributed by atoms with Crippen molar-refractivity contribution >= 4 is 89.6 Å². The Morgan fingerprint density at radius 2 is 1.71 bits per heavy atom. The summed E-state index contributed by atoms with van der Waals surface area (Å²) in [5.41, 5.74) is -0.135. The van der Waals surface area contributed by atoms with Crippen LogP contribution < -0.4 is 5.32 Å². The summed E-state index contributed by atoms with van der Waals surface area (Å²) in [6.45, 7) is 0. The standard InChI is InChI=1S/C10H7Cl6N2O5P/c1-22-18(9(8(15)16)23-24(20)21)10(19)17-7-5(13)3(11)2-4(12)6(7)14/h2,24H,1H3,(H,17,19)(H,20,21). The minimum atomic E-state index is -3.54. The third-order valence-corrected chi connectivity index (χ3v) is 4.51. The minimum Gasteiger partial charge on any atom is -0.405 e. The summed E-state index contributed by atoms with van der Waals surface area (Å²) in [6, 6.07) is 0.205. The fraction of sp³-hybridized carbons (Fsp3) is 0.100. The Labute approximate surface area is 166 Å². The van der Waals surface area contributed by atoms with Gasteiger partial charge in [-0.1, -0.05) is 69.6 Å². The Balaban J connectivity index is 3.22. The van der Waals surface area contributed by atoms with Crippen LogP contribution in [0.3, 0.4) is 0 Å². The zero-order valence-corrected chi connectivity index (χ0v) is 16.9. The second-order valence-corrected chi connectivity index (χ2v) is 6.94. The third kappa shape index (κ3) is 5.46. The second-order valence-electron chi connectivity index (χ2n) is 3.68. The van der Waals surface area contributed by atoms with Gasteiger partial charge in [0.2, 0.25) is 0 Å². The smallest absolute Gasteiger partial charge is 0.366 e. The first-order valence-corrected chi connectivity index (χ1v) is 9.07. The number of rotatable bonds is 5. The Kier molecular flexibility index (Phi) is 8.76. The number of nitrogens with one attached hydrogen (secondary N) is 1. The van der Waals surface area contributed by atoms with Crippen LogP contribution in [-0.2, 0) is 13.9 Å². The average Bonchev–Trinajstić information content (AvgIpc) is 2.48. The number of anilines is 1. The molecule has 0 aromatic heterocycles. The van der Waals surface area contributed by atoms with Gasteiger partial charge in [-0.3, -0.25) is 4.84 Å². The first-order valence-electron chi connectivity index (χ1n) is 5.54. The van der Waals surface area contributed by atoms with Gasteiger partial charge in [0.1, 0.15) is 0 Å². The van der Waals surface area contributed by atoms with Crippen LogP contribution >= 0.6 is 77.9 Å². The van der Waals surface area contributed by atoms with Gasteiger partial charge in [0.15, 0.2) is 4.49 Å². The maximum atomic E-state index is 12.3. The van der Waals surface area contributed by atoms with Gasteiger partial charge < -0.3 is 14.7 Å². The van der Waals surface area contributed by atoms with Crippen LogP contribution in [0, 0.1) is 0 Å². The summed E-state index contributed by atoms with van der Waals surface area (Å²) in [5.74, 6) is -0.731. The molecule has 0 aliphatic carbocycles. The fourth-order valence-corrected chi connectivity index (χ4v) is 2.95. The van der Waals surface area contributed by atoms with E-state index < -0.39 is 24.7 Å². The average molecular weight is 479 g/mol. The van der Waals surface area contributed by atoms with Crippen LogP contribution in [0.2, 0.25) is 20.1 Å². The molecule has 0 spiro atoms. The monoisotopic (exact) mass is 476 g/mol. The Bertz CT molecular complexity index is 685. The SMILES string of the molecule is CON(C(=O)Nc1c(Cl)c(Cl)cc(Cl)c1Cl)C(O[PH](=O)O)=C(Cl)Cl. The van der Waals surface area contributed by atoms with Gasteiger partial charge in [0.25, 0.3) is 5.88 Å². The molecule has 0 fully saturated rings. The number of benzene rings is 1. The molecule has 2 amide bonds. The Morgan fingerprint density at radius 1 is 1.21 bits per heavy atom. The zero-order valence-electron chi connectivity index (χ0n) is 11.4. The molecule has 24 heavy (non-hydrogen) atoms. The van der Waals surface area contributed by atoms with E-state index in [0.717, 1.165) is 7.11 Å². The molecule has 1 aromatic rings. The molecule has 0 aliphatic rings. The summed E-state index contributed by atoms with van der Waals surface area (Å²) in [4.78, 5) is 25.8. The molecule has 134 valence electrons. The Morgan fingerprint density at radius 3 is 2.08 bits per heavy atom. The van der Waals surface area contributed by atoms with Crippen LogP contribution in [0.1, 0.15) is 0 Å². The number of hydrogen-bond acceptors (Lipinski definition) is 4. The normalized spacial score (nSPS) is 11.7. The maximum absolute atomic E-state index is 12.3. The fourth-order valence-electron chi connectivity index (χ4n) is 1.34. The van der Waals surface area contributed by atoms with Crippen molar-refractivity contribution in [1.29, 1.82) is 0 Å². The van der Waals surface area contributed by atoms with Gasteiger partial charge >= 0.3 is 14.3 Å². The first kappa shape index (κ1) is 22.0. The van der Waals surface area contributed by atoms with E-state index in [-0.39, 0.29) is 25.8 Å². The number of hydroxylamine groups is 2. The van der Waals surface area contributed by atoms with E-state index in [0.29, 0.717) is 5.06 Å². The van der Waals surface area contributed by atoms with Gasteiger partial charge in [-0.25, -0.2) is 9.36 Å². The topological polar surface area (TPSA) is 88.1 Å². The molecule has 7 nitrogen and oxygen atoms in total. The molecular formula is C10H7Cl6N2O5P. The van der Waals surface area contributed by atoms with E-state index in [9.17, 15) is 9.36 Å². The highest BCUT2D eigenvalue weighted by molar-refractivity contribution is 7.32. The van der Waals surface area contributed by atoms with Crippen molar-refractivity contribution in [3.05, 3.63) is 36.5 Å². The molecule has 1 unspecified atom stereocenters. The zero-order chi connectivity index (χ0) is 18.6. The molecule has 2 N–H and O–H groups in total. The highest BCUT2D eigenvalue weighted by Crippen LogP contribution is 2.41. The van der Waals surface area contributed by atoms with E-state index in [1.807, 2.05) is 0 Å². The van der Waals surface area contributed by atoms with Crippen molar-refractivity contribution in [1.82, 2.24) is 5.06 Å².